The van der Waals surface area contributed by atoms with Crippen LogP contribution >= 0.6 is 0 Å². The first-order valence-electron chi connectivity index (χ1n) is 9.74. The molecule has 3 N–H and O–H groups in total. The summed E-state index contributed by atoms with van der Waals surface area (Å²) >= 11 is 0. The third-order valence-corrected chi connectivity index (χ3v) is 5.88. The van der Waals surface area contributed by atoms with E-state index in [1.165, 1.54) is 13.2 Å². The number of sulfonamides is 1. The number of anilines is 4. The van der Waals surface area contributed by atoms with Crippen LogP contribution in [-0.2, 0) is 19.7 Å². The Labute approximate surface area is 181 Å². The molecule has 3 rings (SSSR count). The van der Waals surface area contributed by atoms with Crippen molar-refractivity contribution in [2.45, 2.75) is 19.8 Å². The van der Waals surface area contributed by atoms with Gasteiger partial charge in [-0.15, -0.1) is 0 Å². The number of carbonyl (C=O) groups is 2. The van der Waals surface area contributed by atoms with E-state index in [4.69, 9.17) is 4.84 Å². The summed E-state index contributed by atoms with van der Waals surface area (Å²) in [5, 5.41) is 5.80. The second-order valence-corrected chi connectivity index (χ2v) is 9.10. The van der Waals surface area contributed by atoms with E-state index in [0.29, 0.717) is 17.1 Å². The summed E-state index contributed by atoms with van der Waals surface area (Å²) < 4.78 is 25.2. The van der Waals surface area contributed by atoms with E-state index in [9.17, 15) is 18.0 Å². The van der Waals surface area contributed by atoms with E-state index in [1.54, 1.807) is 37.3 Å². The van der Waals surface area contributed by atoms with Crippen molar-refractivity contribution in [1.82, 2.24) is 10.5 Å². The van der Waals surface area contributed by atoms with Gasteiger partial charge in [-0.25, -0.2) is 18.9 Å². The van der Waals surface area contributed by atoms with Gasteiger partial charge in [0.05, 0.1) is 29.9 Å². The normalized spacial score (nSPS) is 13.4. The molecule has 31 heavy (non-hydrogen) atoms. The number of amides is 2. The highest BCUT2D eigenvalue weighted by molar-refractivity contribution is 7.92. The number of hydrogen-bond acceptors (Lipinski definition) is 7. The van der Waals surface area contributed by atoms with Gasteiger partial charge in [-0.2, -0.15) is 0 Å². The predicted molar refractivity (Wildman–Crippen MR) is 118 cm³/mol. The Balaban J connectivity index is 2.01. The van der Waals surface area contributed by atoms with Gasteiger partial charge in [0, 0.05) is 19.2 Å². The van der Waals surface area contributed by atoms with Gasteiger partial charge in [-0.05, 0) is 38.0 Å². The van der Waals surface area contributed by atoms with Gasteiger partial charge in [-0.1, -0.05) is 12.1 Å². The molecule has 1 heterocycles. The highest BCUT2D eigenvalue weighted by Gasteiger charge is 2.31. The molecule has 1 aliphatic rings. The molecule has 1 aromatic heterocycles. The fraction of sp³-hybridized carbons (Fsp3) is 0.350. The van der Waals surface area contributed by atoms with Gasteiger partial charge >= 0.3 is 0 Å². The van der Waals surface area contributed by atoms with E-state index in [1.807, 2.05) is 0 Å². The third-order valence-electron chi connectivity index (χ3n) is 4.69. The Bertz CT molecular complexity index is 1090. The molecule has 2 amide bonds. The summed E-state index contributed by atoms with van der Waals surface area (Å²) in [4.78, 5) is 34.3. The minimum atomic E-state index is -3.51. The van der Waals surface area contributed by atoms with Gasteiger partial charge in [-0.3, -0.25) is 18.7 Å². The maximum absolute atomic E-state index is 12.8. The Hall–Kier alpha value is -3.18. The maximum Gasteiger partial charge on any atom is 0.280 e. The average molecular weight is 448 g/mol. The monoisotopic (exact) mass is 447 g/mol. The van der Waals surface area contributed by atoms with Crippen molar-refractivity contribution >= 4 is 44.7 Å². The van der Waals surface area contributed by atoms with Crippen molar-refractivity contribution < 1.29 is 22.8 Å². The van der Waals surface area contributed by atoms with Crippen molar-refractivity contribution in [3.05, 3.63) is 42.1 Å². The summed E-state index contributed by atoms with van der Waals surface area (Å²) in [6, 6.07) is 8.33. The lowest BCUT2D eigenvalue weighted by Crippen LogP contribution is -2.28. The zero-order valence-electron chi connectivity index (χ0n) is 17.5. The average Bonchev–Trinajstić information content (AvgIpc) is 3.57. The molecule has 1 saturated carbocycles. The molecule has 1 aliphatic carbocycles. The fourth-order valence-corrected chi connectivity index (χ4v) is 3.34. The Kier molecular flexibility index (Phi) is 6.76. The van der Waals surface area contributed by atoms with Gasteiger partial charge in [0.25, 0.3) is 5.91 Å². The molecule has 11 heteroatoms. The van der Waals surface area contributed by atoms with Crippen LogP contribution in [0.15, 0.2) is 36.5 Å². The molecule has 0 bridgehead atoms. The highest BCUT2D eigenvalue weighted by Crippen LogP contribution is 2.34. The zero-order chi connectivity index (χ0) is 22.6. The summed E-state index contributed by atoms with van der Waals surface area (Å²) in [5.74, 6) is -0.789. The van der Waals surface area contributed by atoms with E-state index in [-0.39, 0.29) is 29.8 Å². The Morgan fingerprint density at radius 2 is 1.90 bits per heavy atom. The van der Waals surface area contributed by atoms with E-state index >= 15 is 0 Å². The number of hydrogen-bond donors (Lipinski definition) is 3. The molecule has 2 aromatic rings. The molecule has 166 valence electrons. The number of nitrogens with zero attached hydrogens (tertiary/aromatic N) is 2. The van der Waals surface area contributed by atoms with Gasteiger partial charge in [0.15, 0.2) is 0 Å². The molecule has 0 aliphatic heterocycles. The van der Waals surface area contributed by atoms with E-state index < -0.39 is 15.9 Å². The Morgan fingerprint density at radius 3 is 2.55 bits per heavy atom. The largest absolute Gasteiger partial charge is 0.353 e. The molecular weight excluding hydrogens is 422 g/mol. The quantitative estimate of drug-likeness (QED) is 0.503. The van der Waals surface area contributed by atoms with Crippen molar-refractivity contribution in [2.24, 2.45) is 5.92 Å². The number of benzene rings is 1. The van der Waals surface area contributed by atoms with Gasteiger partial charge in [0.2, 0.25) is 15.9 Å². The number of aromatic nitrogens is 1. The fourth-order valence-electron chi connectivity index (χ4n) is 2.82. The second kappa shape index (κ2) is 9.31. The molecule has 10 nitrogen and oxygen atoms in total. The molecule has 1 aromatic carbocycles. The SMILES string of the molecule is CCONC(=O)c1c(Nc2ccccc2N(C)S(C)(=O)=O)ccnc1NC(=O)C1CC1. The first-order valence-corrected chi connectivity index (χ1v) is 11.6. The lowest BCUT2D eigenvalue weighted by Gasteiger charge is -2.22. The molecule has 0 radical (unpaired) electrons. The first-order chi connectivity index (χ1) is 14.7. The van der Waals surface area contributed by atoms with Crippen LogP contribution < -0.4 is 20.4 Å². The molecule has 0 saturated heterocycles. The number of nitrogens with one attached hydrogen (secondary N) is 3. The van der Waals surface area contributed by atoms with Crippen molar-refractivity contribution in [2.75, 3.05) is 34.8 Å². The van der Waals surface area contributed by atoms with Crippen LogP contribution in [-0.4, -0.2) is 45.1 Å². The topological polar surface area (TPSA) is 130 Å². The first kappa shape index (κ1) is 22.5. The van der Waals surface area contributed by atoms with Crippen molar-refractivity contribution in [1.29, 1.82) is 0 Å². The molecular formula is C20H25N5O5S. The number of para-hydroxylation sites is 2. The van der Waals surface area contributed by atoms with Crippen LogP contribution in [0.5, 0.6) is 0 Å². The zero-order valence-corrected chi connectivity index (χ0v) is 18.3. The van der Waals surface area contributed by atoms with Crippen LogP contribution in [0.25, 0.3) is 0 Å². The van der Waals surface area contributed by atoms with E-state index in [2.05, 4.69) is 21.1 Å². The number of hydroxylamine groups is 1. The number of pyridine rings is 1. The van der Waals surface area contributed by atoms with Crippen LogP contribution in [0.3, 0.4) is 0 Å². The molecule has 0 atom stereocenters. The second-order valence-electron chi connectivity index (χ2n) is 7.08. The Morgan fingerprint density at radius 1 is 1.19 bits per heavy atom. The summed E-state index contributed by atoms with van der Waals surface area (Å²) in [5.41, 5.74) is 3.56. The number of rotatable bonds is 9. The predicted octanol–water partition coefficient (Wildman–Crippen LogP) is 2.25. The standard InChI is InChI=1S/C20H25N5O5S/c1-4-30-24-20(27)17-15(11-12-21-18(17)23-19(26)13-9-10-13)22-14-7-5-6-8-16(14)25(2)31(3,28)29/h5-8,11-13H,4,9-10H2,1-3H3,(H,24,27)(H2,21,22,23,26). The summed E-state index contributed by atoms with van der Waals surface area (Å²) in [6.45, 7) is 1.97. The maximum atomic E-state index is 12.8. The minimum absolute atomic E-state index is 0.0711. The molecule has 0 unspecified atom stereocenters. The highest BCUT2D eigenvalue weighted by atomic mass is 32.2. The number of carbonyl (C=O) groups excluding carboxylic acids is 2. The van der Waals surface area contributed by atoms with Crippen molar-refractivity contribution in [3.8, 4) is 0 Å². The van der Waals surface area contributed by atoms with Crippen molar-refractivity contribution in [3.63, 3.8) is 0 Å². The smallest absolute Gasteiger partial charge is 0.280 e. The van der Waals surface area contributed by atoms with Crippen LogP contribution in [0, 0.1) is 5.92 Å². The third kappa shape index (κ3) is 5.50. The van der Waals surface area contributed by atoms with Gasteiger partial charge < -0.3 is 10.6 Å². The molecule has 1 fully saturated rings. The van der Waals surface area contributed by atoms with Crippen LogP contribution in [0.4, 0.5) is 22.9 Å². The van der Waals surface area contributed by atoms with E-state index in [0.717, 1.165) is 23.4 Å². The van der Waals surface area contributed by atoms with Crippen LogP contribution in [0.2, 0.25) is 0 Å². The summed E-state index contributed by atoms with van der Waals surface area (Å²) in [6.07, 6.45) is 4.15. The summed E-state index contributed by atoms with van der Waals surface area (Å²) in [7, 11) is -2.07. The van der Waals surface area contributed by atoms with Crippen LogP contribution in [0.1, 0.15) is 30.1 Å². The molecule has 0 spiro atoms. The lowest BCUT2D eigenvalue weighted by atomic mass is 10.1. The van der Waals surface area contributed by atoms with Gasteiger partial charge in [0.1, 0.15) is 11.4 Å². The lowest BCUT2D eigenvalue weighted by molar-refractivity contribution is -0.117. The minimum Gasteiger partial charge on any atom is -0.353 e.